The van der Waals surface area contributed by atoms with Crippen LogP contribution in [0.1, 0.15) is 24.0 Å². The Labute approximate surface area is 150 Å². The van der Waals surface area contributed by atoms with Crippen molar-refractivity contribution in [2.75, 3.05) is 20.3 Å². The maximum atomic E-state index is 6.07. The van der Waals surface area contributed by atoms with Crippen LogP contribution in [0.4, 0.5) is 0 Å². The molecule has 3 nitrogen and oxygen atoms in total. The molecule has 1 saturated heterocycles. The standard InChI is InChI=1S/C20H25NO2.ClH/c1-22-19-10-4-2-7-16(19)12-13-17-8-3-5-11-20(17)23-15-18-9-6-14-21-18;/h2-5,7-8,10-11,18,21H,6,9,12-15H2,1H3;1H/t18-;/m0./s1. The maximum absolute atomic E-state index is 6.07. The third-order valence-electron chi connectivity index (χ3n) is 4.43. The summed E-state index contributed by atoms with van der Waals surface area (Å²) in [6.07, 6.45) is 4.37. The highest BCUT2D eigenvalue weighted by atomic mass is 35.5. The van der Waals surface area contributed by atoms with Crippen LogP contribution in [0.3, 0.4) is 0 Å². The highest BCUT2D eigenvalue weighted by Gasteiger charge is 2.15. The van der Waals surface area contributed by atoms with Crippen molar-refractivity contribution in [3.8, 4) is 11.5 Å². The summed E-state index contributed by atoms with van der Waals surface area (Å²) in [4.78, 5) is 0. The van der Waals surface area contributed by atoms with Crippen LogP contribution in [0.5, 0.6) is 11.5 Å². The minimum absolute atomic E-state index is 0. The minimum Gasteiger partial charge on any atom is -0.496 e. The normalized spacial score (nSPS) is 16.5. The first-order chi connectivity index (χ1) is 11.4. The number of hydrogen-bond donors (Lipinski definition) is 1. The van der Waals surface area contributed by atoms with E-state index in [1.807, 2.05) is 18.2 Å². The van der Waals surface area contributed by atoms with Gasteiger partial charge in [-0.25, -0.2) is 0 Å². The van der Waals surface area contributed by atoms with Crippen molar-refractivity contribution < 1.29 is 9.47 Å². The molecule has 2 aromatic carbocycles. The number of aryl methyl sites for hydroxylation is 2. The molecule has 1 heterocycles. The number of methoxy groups -OCH3 is 1. The molecule has 0 radical (unpaired) electrons. The van der Waals surface area contributed by atoms with Crippen LogP contribution in [-0.2, 0) is 12.8 Å². The molecule has 0 spiro atoms. The molecule has 0 unspecified atom stereocenters. The number of benzene rings is 2. The Morgan fingerprint density at radius 2 is 1.58 bits per heavy atom. The zero-order chi connectivity index (χ0) is 15.9. The van der Waals surface area contributed by atoms with Gasteiger partial charge in [0.15, 0.2) is 0 Å². The van der Waals surface area contributed by atoms with Crippen LogP contribution in [0.2, 0.25) is 0 Å². The second kappa shape index (κ2) is 9.55. The molecule has 130 valence electrons. The third-order valence-corrected chi connectivity index (χ3v) is 4.43. The van der Waals surface area contributed by atoms with Crippen molar-refractivity contribution >= 4 is 12.4 Å². The Balaban J connectivity index is 0.00000208. The van der Waals surface area contributed by atoms with E-state index in [1.165, 1.54) is 24.0 Å². The molecule has 2 aromatic rings. The first-order valence-electron chi connectivity index (χ1n) is 8.43. The molecular weight excluding hydrogens is 322 g/mol. The average molecular weight is 348 g/mol. The summed E-state index contributed by atoms with van der Waals surface area (Å²) in [5.41, 5.74) is 2.50. The molecule has 24 heavy (non-hydrogen) atoms. The van der Waals surface area contributed by atoms with Gasteiger partial charge in [0.25, 0.3) is 0 Å². The quantitative estimate of drug-likeness (QED) is 0.820. The van der Waals surface area contributed by atoms with E-state index in [0.717, 1.165) is 37.5 Å². The average Bonchev–Trinajstić information content (AvgIpc) is 3.12. The summed E-state index contributed by atoms with van der Waals surface area (Å²) >= 11 is 0. The molecule has 1 aliphatic heterocycles. The van der Waals surface area contributed by atoms with E-state index in [0.29, 0.717) is 6.04 Å². The van der Waals surface area contributed by atoms with Crippen LogP contribution in [-0.4, -0.2) is 26.3 Å². The summed E-state index contributed by atoms with van der Waals surface area (Å²) in [6, 6.07) is 17.1. The lowest BCUT2D eigenvalue weighted by Crippen LogP contribution is -2.28. The van der Waals surface area contributed by atoms with Crippen molar-refractivity contribution in [2.24, 2.45) is 0 Å². The zero-order valence-corrected chi connectivity index (χ0v) is 15.0. The van der Waals surface area contributed by atoms with E-state index >= 15 is 0 Å². The molecule has 1 N–H and O–H groups in total. The van der Waals surface area contributed by atoms with Gasteiger partial charge in [-0.1, -0.05) is 36.4 Å². The molecule has 1 fully saturated rings. The predicted molar refractivity (Wildman–Crippen MR) is 101 cm³/mol. The van der Waals surface area contributed by atoms with Gasteiger partial charge in [0.2, 0.25) is 0 Å². The fraction of sp³-hybridized carbons (Fsp3) is 0.400. The summed E-state index contributed by atoms with van der Waals surface area (Å²) < 4.78 is 11.5. The molecule has 1 atom stereocenters. The smallest absolute Gasteiger partial charge is 0.122 e. The van der Waals surface area contributed by atoms with Crippen molar-refractivity contribution in [1.82, 2.24) is 5.32 Å². The Bertz CT molecular complexity index is 627. The molecule has 0 amide bonds. The van der Waals surface area contributed by atoms with E-state index in [1.54, 1.807) is 7.11 Å². The van der Waals surface area contributed by atoms with Gasteiger partial charge in [0, 0.05) is 6.04 Å². The second-order valence-electron chi connectivity index (χ2n) is 6.02. The second-order valence-corrected chi connectivity index (χ2v) is 6.02. The molecular formula is C20H26ClNO2. The fourth-order valence-corrected chi connectivity index (χ4v) is 3.12. The Kier molecular flexibility index (Phi) is 7.41. The largest absolute Gasteiger partial charge is 0.496 e. The highest BCUT2D eigenvalue weighted by molar-refractivity contribution is 5.85. The lowest BCUT2D eigenvalue weighted by atomic mass is 10.0. The lowest BCUT2D eigenvalue weighted by molar-refractivity contribution is 0.274. The van der Waals surface area contributed by atoms with Crippen LogP contribution in [0.25, 0.3) is 0 Å². The summed E-state index contributed by atoms with van der Waals surface area (Å²) in [6.45, 7) is 1.87. The molecule has 0 saturated carbocycles. The maximum Gasteiger partial charge on any atom is 0.122 e. The van der Waals surface area contributed by atoms with Crippen molar-refractivity contribution in [3.63, 3.8) is 0 Å². The topological polar surface area (TPSA) is 30.5 Å². The predicted octanol–water partition coefficient (Wildman–Crippen LogP) is 4.03. The fourth-order valence-electron chi connectivity index (χ4n) is 3.12. The van der Waals surface area contributed by atoms with E-state index in [-0.39, 0.29) is 12.4 Å². The number of rotatable bonds is 7. The zero-order valence-electron chi connectivity index (χ0n) is 14.2. The van der Waals surface area contributed by atoms with Gasteiger partial charge in [0.05, 0.1) is 7.11 Å². The monoisotopic (exact) mass is 347 g/mol. The Morgan fingerprint density at radius 3 is 2.21 bits per heavy atom. The van der Waals surface area contributed by atoms with Gasteiger partial charge in [-0.3, -0.25) is 0 Å². The van der Waals surface area contributed by atoms with Gasteiger partial charge < -0.3 is 14.8 Å². The first kappa shape index (κ1) is 18.6. The van der Waals surface area contributed by atoms with Gasteiger partial charge in [-0.15, -0.1) is 12.4 Å². The molecule has 0 aliphatic carbocycles. The number of nitrogens with one attached hydrogen (secondary N) is 1. The number of halogens is 1. The van der Waals surface area contributed by atoms with Gasteiger partial charge in [-0.05, 0) is 55.5 Å². The summed E-state index contributed by atoms with van der Waals surface area (Å²) in [7, 11) is 1.73. The SMILES string of the molecule is COc1ccccc1CCc1ccccc1OC[C@@H]1CCCN1.Cl. The molecule has 3 rings (SSSR count). The van der Waals surface area contributed by atoms with Crippen LogP contribution in [0.15, 0.2) is 48.5 Å². The van der Waals surface area contributed by atoms with Crippen LogP contribution < -0.4 is 14.8 Å². The van der Waals surface area contributed by atoms with Crippen molar-refractivity contribution in [2.45, 2.75) is 31.7 Å². The molecule has 0 aromatic heterocycles. The van der Waals surface area contributed by atoms with E-state index in [9.17, 15) is 0 Å². The van der Waals surface area contributed by atoms with E-state index < -0.39 is 0 Å². The first-order valence-corrected chi connectivity index (χ1v) is 8.43. The number of para-hydroxylation sites is 2. The minimum atomic E-state index is 0. The van der Waals surface area contributed by atoms with Gasteiger partial charge in [-0.2, -0.15) is 0 Å². The number of hydrogen-bond acceptors (Lipinski definition) is 3. The van der Waals surface area contributed by atoms with Gasteiger partial charge >= 0.3 is 0 Å². The molecule has 0 bridgehead atoms. The molecule has 4 heteroatoms. The van der Waals surface area contributed by atoms with Gasteiger partial charge in [0.1, 0.15) is 18.1 Å². The van der Waals surface area contributed by atoms with Crippen molar-refractivity contribution in [3.05, 3.63) is 59.7 Å². The van der Waals surface area contributed by atoms with E-state index in [2.05, 4.69) is 35.6 Å². The summed E-state index contributed by atoms with van der Waals surface area (Å²) in [5, 5.41) is 3.48. The van der Waals surface area contributed by atoms with Crippen LogP contribution >= 0.6 is 12.4 Å². The number of ether oxygens (including phenoxy) is 2. The van der Waals surface area contributed by atoms with Crippen LogP contribution in [0, 0.1) is 0 Å². The highest BCUT2D eigenvalue weighted by Crippen LogP contribution is 2.24. The Morgan fingerprint density at radius 1 is 0.958 bits per heavy atom. The third kappa shape index (κ3) is 4.89. The van der Waals surface area contributed by atoms with Crippen molar-refractivity contribution in [1.29, 1.82) is 0 Å². The summed E-state index contributed by atoms with van der Waals surface area (Å²) in [5.74, 6) is 1.97. The lowest BCUT2D eigenvalue weighted by Gasteiger charge is -2.15. The Hall–Kier alpha value is -1.71. The molecule has 1 aliphatic rings. The van der Waals surface area contributed by atoms with E-state index in [4.69, 9.17) is 9.47 Å².